The van der Waals surface area contributed by atoms with Crippen molar-refractivity contribution in [3.63, 3.8) is 0 Å². The molecule has 0 saturated carbocycles. The highest BCUT2D eigenvalue weighted by Gasteiger charge is 2.16. The van der Waals surface area contributed by atoms with Crippen molar-refractivity contribution < 1.29 is 9.72 Å². The first-order valence-electron chi connectivity index (χ1n) is 8.19. The number of amides is 1. The Hall–Kier alpha value is -3.59. The minimum Gasteiger partial charge on any atom is -0.267 e. The molecule has 28 heavy (non-hydrogen) atoms. The molecule has 0 unspecified atom stereocenters. The number of nitrogens with zero attached hydrogens (tertiary/aromatic N) is 4. The normalized spacial score (nSPS) is 11.1. The second-order valence-corrected chi connectivity index (χ2v) is 6.08. The van der Waals surface area contributed by atoms with Crippen molar-refractivity contribution >= 4 is 40.2 Å². The number of hydrazone groups is 1. The van der Waals surface area contributed by atoms with Crippen LogP contribution in [-0.4, -0.2) is 26.8 Å². The molecular weight excluding hydrogens is 386 g/mol. The molecule has 9 nitrogen and oxygen atoms in total. The maximum absolute atomic E-state index is 12.5. The van der Waals surface area contributed by atoms with Crippen LogP contribution in [0.3, 0.4) is 0 Å². The quantitative estimate of drug-likeness (QED) is 0.402. The van der Waals surface area contributed by atoms with Crippen LogP contribution in [0.4, 0.5) is 5.69 Å². The second kappa shape index (κ2) is 7.97. The number of nitro benzene ring substituents is 1. The Morgan fingerprint density at radius 1 is 1.32 bits per heavy atom. The molecule has 0 aliphatic heterocycles. The minimum atomic E-state index is -0.629. The van der Waals surface area contributed by atoms with Crippen LogP contribution in [-0.2, 0) is 6.54 Å². The maximum Gasteiger partial charge on any atom is 0.292 e. The van der Waals surface area contributed by atoms with E-state index in [1.165, 1.54) is 29.1 Å². The molecule has 1 amide bonds. The third-order valence-electron chi connectivity index (χ3n) is 3.94. The van der Waals surface area contributed by atoms with Gasteiger partial charge in [-0.05, 0) is 19.1 Å². The van der Waals surface area contributed by atoms with Crippen LogP contribution in [0.25, 0.3) is 10.8 Å². The van der Waals surface area contributed by atoms with E-state index in [0.717, 1.165) is 0 Å². The van der Waals surface area contributed by atoms with E-state index in [9.17, 15) is 19.7 Å². The summed E-state index contributed by atoms with van der Waals surface area (Å²) in [4.78, 5) is 35.2. The average Bonchev–Trinajstić information content (AvgIpc) is 2.69. The SMILES string of the molecule is CCn1nc(C(=O)N/N=C\c2cc([N+](=O)[O-])ccc2Cl)c2ccccc2c1=O. The lowest BCUT2D eigenvalue weighted by molar-refractivity contribution is -0.384. The number of nitro groups is 1. The minimum absolute atomic E-state index is 0.0411. The number of aryl methyl sites for hydroxylation is 1. The van der Waals surface area contributed by atoms with Crippen molar-refractivity contribution in [3.05, 3.63) is 79.2 Å². The van der Waals surface area contributed by atoms with Gasteiger partial charge < -0.3 is 0 Å². The molecule has 0 fully saturated rings. The Morgan fingerprint density at radius 2 is 2.04 bits per heavy atom. The zero-order valence-corrected chi connectivity index (χ0v) is 15.4. The largest absolute Gasteiger partial charge is 0.292 e. The first-order valence-corrected chi connectivity index (χ1v) is 8.57. The van der Waals surface area contributed by atoms with Gasteiger partial charge in [-0.3, -0.25) is 19.7 Å². The molecule has 0 aliphatic carbocycles. The number of benzene rings is 2. The Bertz CT molecular complexity index is 1170. The van der Waals surface area contributed by atoms with Gasteiger partial charge in [0.15, 0.2) is 5.69 Å². The maximum atomic E-state index is 12.5. The fourth-order valence-electron chi connectivity index (χ4n) is 2.57. The highest BCUT2D eigenvalue weighted by Crippen LogP contribution is 2.20. The summed E-state index contributed by atoms with van der Waals surface area (Å²) in [5.41, 5.74) is 2.18. The number of aromatic nitrogens is 2. The number of nitrogens with one attached hydrogen (secondary N) is 1. The van der Waals surface area contributed by atoms with Crippen LogP contribution in [0.2, 0.25) is 5.02 Å². The van der Waals surface area contributed by atoms with Crippen LogP contribution in [0.1, 0.15) is 23.0 Å². The fourth-order valence-corrected chi connectivity index (χ4v) is 2.74. The van der Waals surface area contributed by atoms with E-state index in [-0.39, 0.29) is 27.5 Å². The van der Waals surface area contributed by atoms with Crippen molar-refractivity contribution in [2.24, 2.45) is 5.10 Å². The lowest BCUT2D eigenvalue weighted by atomic mass is 10.1. The summed E-state index contributed by atoms with van der Waals surface area (Å²) in [7, 11) is 0. The predicted octanol–water partition coefficient (Wildman–Crippen LogP) is 2.74. The van der Waals surface area contributed by atoms with Crippen molar-refractivity contribution in [3.8, 4) is 0 Å². The Kier molecular flexibility index (Phi) is 5.46. The number of non-ortho nitro benzene ring substituents is 1. The summed E-state index contributed by atoms with van der Waals surface area (Å²) in [5.74, 6) is -0.629. The van der Waals surface area contributed by atoms with Crippen molar-refractivity contribution in [1.82, 2.24) is 15.2 Å². The van der Waals surface area contributed by atoms with Gasteiger partial charge in [-0.2, -0.15) is 10.2 Å². The van der Waals surface area contributed by atoms with E-state index in [4.69, 9.17) is 11.6 Å². The third-order valence-corrected chi connectivity index (χ3v) is 4.29. The predicted molar refractivity (Wildman–Crippen MR) is 105 cm³/mol. The van der Waals surface area contributed by atoms with E-state index in [1.807, 2.05) is 0 Å². The molecule has 10 heteroatoms. The van der Waals surface area contributed by atoms with E-state index >= 15 is 0 Å². The molecule has 3 aromatic rings. The molecule has 2 aromatic carbocycles. The van der Waals surface area contributed by atoms with Gasteiger partial charge in [0.2, 0.25) is 0 Å². The Balaban J connectivity index is 1.91. The number of carbonyl (C=O) groups excluding carboxylic acids is 1. The zero-order chi connectivity index (χ0) is 20.3. The summed E-state index contributed by atoms with van der Waals surface area (Å²) < 4.78 is 1.19. The van der Waals surface area contributed by atoms with Crippen molar-refractivity contribution in [2.75, 3.05) is 0 Å². The van der Waals surface area contributed by atoms with E-state index in [0.29, 0.717) is 17.3 Å². The molecule has 0 bridgehead atoms. The monoisotopic (exact) mass is 399 g/mol. The molecule has 0 radical (unpaired) electrons. The number of rotatable bonds is 5. The molecule has 0 saturated heterocycles. The number of halogens is 1. The smallest absolute Gasteiger partial charge is 0.267 e. The van der Waals surface area contributed by atoms with Gasteiger partial charge in [-0.15, -0.1) is 0 Å². The molecule has 1 aromatic heterocycles. The molecule has 0 aliphatic rings. The number of hydrogen-bond acceptors (Lipinski definition) is 6. The van der Waals surface area contributed by atoms with Crippen molar-refractivity contribution in [2.45, 2.75) is 13.5 Å². The number of fused-ring (bicyclic) bond motifs is 1. The van der Waals surface area contributed by atoms with Gasteiger partial charge in [-0.25, -0.2) is 10.1 Å². The van der Waals surface area contributed by atoms with Gasteiger partial charge in [0.1, 0.15) is 0 Å². The van der Waals surface area contributed by atoms with E-state index in [1.54, 1.807) is 31.2 Å². The molecule has 0 atom stereocenters. The summed E-state index contributed by atoms with van der Waals surface area (Å²) in [6.45, 7) is 2.05. The second-order valence-electron chi connectivity index (χ2n) is 5.68. The van der Waals surface area contributed by atoms with Crippen molar-refractivity contribution in [1.29, 1.82) is 0 Å². The lowest BCUT2D eigenvalue weighted by Crippen LogP contribution is -2.28. The lowest BCUT2D eigenvalue weighted by Gasteiger charge is -2.08. The molecule has 0 spiro atoms. The Labute approximate surface area is 163 Å². The van der Waals surface area contributed by atoms with Crippen LogP contribution in [0.15, 0.2) is 52.4 Å². The van der Waals surface area contributed by atoms with Crippen LogP contribution >= 0.6 is 11.6 Å². The first-order chi connectivity index (χ1) is 13.4. The fraction of sp³-hybridized carbons (Fsp3) is 0.111. The first kappa shape index (κ1) is 19.2. The number of carbonyl (C=O) groups is 1. The van der Waals surface area contributed by atoms with Gasteiger partial charge >= 0.3 is 0 Å². The molecule has 142 valence electrons. The van der Waals surface area contributed by atoms with Gasteiger partial charge in [0, 0.05) is 34.6 Å². The summed E-state index contributed by atoms with van der Waals surface area (Å²) in [6, 6.07) is 10.5. The standard InChI is InChI=1S/C18H14ClN5O4/c1-2-23-18(26)14-6-4-3-5-13(14)16(22-23)17(25)21-20-10-11-9-12(24(27)28)7-8-15(11)19/h3-10H,2H2,1H3,(H,21,25)/b20-10-. The molecule has 3 rings (SSSR count). The van der Waals surface area contributed by atoms with E-state index in [2.05, 4.69) is 15.6 Å². The van der Waals surface area contributed by atoms with Crippen LogP contribution < -0.4 is 11.0 Å². The van der Waals surface area contributed by atoms with Gasteiger partial charge in [0.05, 0.1) is 16.5 Å². The van der Waals surface area contributed by atoms with Gasteiger partial charge in [0.25, 0.3) is 17.2 Å². The summed E-state index contributed by atoms with van der Waals surface area (Å²) in [5, 5.41) is 19.8. The topological polar surface area (TPSA) is 119 Å². The third kappa shape index (κ3) is 3.74. The molecular formula is C18H14ClN5O4. The zero-order valence-electron chi connectivity index (χ0n) is 14.6. The average molecular weight is 400 g/mol. The van der Waals surface area contributed by atoms with Gasteiger partial charge in [-0.1, -0.05) is 29.8 Å². The highest BCUT2D eigenvalue weighted by molar-refractivity contribution is 6.33. The number of hydrogen-bond donors (Lipinski definition) is 1. The van der Waals surface area contributed by atoms with E-state index < -0.39 is 10.8 Å². The highest BCUT2D eigenvalue weighted by atomic mass is 35.5. The summed E-state index contributed by atoms with van der Waals surface area (Å²) >= 11 is 5.99. The van der Waals surface area contributed by atoms with Crippen LogP contribution in [0.5, 0.6) is 0 Å². The molecule has 1 N–H and O–H groups in total. The van der Waals surface area contributed by atoms with Crippen LogP contribution in [0, 0.1) is 10.1 Å². The summed E-state index contributed by atoms with van der Waals surface area (Å²) in [6.07, 6.45) is 1.20. The molecule has 1 heterocycles. The Morgan fingerprint density at radius 3 is 2.71 bits per heavy atom.